The minimum atomic E-state index is -1.04. The van der Waals surface area contributed by atoms with Crippen molar-refractivity contribution in [3.63, 3.8) is 0 Å². The van der Waals surface area contributed by atoms with Gasteiger partial charge in [-0.15, -0.1) is 0 Å². The summed E-state index contributed by atoms with van der Waals surface area (Å²) in [6, 6.07) is -0.858. The molecule has 15 heavy (non-hydrogen) atoms. The number of carboxylic acids is 1. The molecular weight excluding hydrogens is 218 g/mol. The van der Waals surface area contributed by atoms with Gasteiger partial charge in [0.05, 0.1) is 12.6 Å². The standard InChI is InChI=1S/C8H17N3O3S/c1-15-3-2-5(8(13)14)11-7(12)4-6(9)10/h5-6H,2-4,9-10H2,1H3,(H,11,12)(H,13,14)/t5-/m0/s1. The van der Waals surface area contributed by atoms with Crippen molar-refractivity contribution < 1.29 is 14.7 Å². The first-order chi connectivity index (χ1) is 6.97. The first-order valence-electron chi connectivity index (χ1n) is 4.49. The minimum Gasteiger partial charge on any atom is -0.480 e. The second kappa shape index (κ2) is 7.49. The van der Waals surface area contributed by atoms with Gasteiger partial charge in [-0.05, 0) is 18.4 Å². The SMILES string of the molecule is CSCC[C@H](NC(=O)CC(N)N)C(=O)O. The van der Waals surface area contributed by atoms with Gasteiger partial charge in [0.15, 0.2) is 0 Å². The van der Waals surface area contributed by atoms with Crippen molar-refractivity contribution in [1.82, 2.24) is 5.32 Å². The van der Waals surface area contributed by atoms with Crippen molar-refractivity contribution in [2.75, 3.05) is 12.0 Å². The summed E-state index contributed by atoms with van der Waals surface area (Å²) in [6.45, 7) is 0. The van der Waals surface area contributed by atoms with E-state index in [0.717, 1.165) is 0 Å². The number of carbonyl (C=O) groups excluding carboxylic acids is 1. The number of aliphatic carboxylic acids is 1. The normalized spacial score (nSPS) is 12.5. The predicted octanol–water partition coefficient (Wildman–Crippen LogP) is -1.06. The lowest BCUT2D eigenvalue weighted by Gasteiger charge is -2.14. The summed E-state index contributed by atoms with van der Waals surface area (Å²) in [6.07, 6.45) is 1.45. The lowest BCUT2D eigenvalue weighted by molar-refractivity contribution is -0.141. The topological polar surface area (TPSA) is 118 Å². The third kappa shape index (κ3) is 7.18. The molecule has 0 aliphatic heterocycles. The van der Waals surface area contributed by atoms with Crippen LogP contribution in [0.1, 0.15) is 12.8 Å². The molecule has 6 nitrogen and oxygen atoms in total. The zero-order valence-electron chi connectivity index (χ0n) is 8.60. The van der Waals surface area contributed by atoms with Crippen LogP contribution in [0.3, 0.4) is 0 Å². The molecule has 0 rings (SSSR count). The lowest BCUT2D eigenvalue weighted by atomic mass is 10.2. The first-order valence-corrected chi connectivity index (χ1v) is 5.89. The molecule has 0 saturated carbocycles. The maximum Gasteiger partial charge on any atom is 0.326 e. The Kier molecular flexibility index (Phi) is 7.10. The molecule has 0 heterocycles. The van der Waals surface area contributed by atoms with Crippen molar-refractivity contribution in [3.8, 4) is 0 Å². The van der Waals surface area contributed by atoms with Crippen LogP contribution in [0.4, 0.5) is 0 Å². The van der Waals surface area contributed by atoms with Gasteiger partial charge in [-0.3, -0.25) is 4.79 Å². The molecule has 0 aromatic rings. The summed E-state index contributed by atoms with van der Waals surface area (Å²) in [5.74, 6) is -0.798. The Morgan fingerprint density at radius 1 is 1.47 bits per heavy atom. The number of hydrogen-bond donors (Lipinski definition) is 4. The Balaban J connectivity index is 4.04. The van der Waals surface area contributed by atoms with Crippen LogP contribution < -0.4 is 16.8 Å². The third-order valence-corrected chi connectivity index (χ3v) is 2.31. The molecule has 0 bridgehead atoms. The Hall–Kier alpha value is -0.790. The van der Waals surface area contributed by atoms with Crippen molar-refractivity contribution in [2.24, 2.45) is 11.5 Å². The molecule has 0 fully saturated rings. The summed E-state index contributed by atoms with van der Waals surface area (Å²) in [5.41, 5.74) is 10.4. The number of nitrogens with one attached hydrogen (secondary N) is 1. The minimum absolute atomic E-state index is 0.0664. The van der Waals surface area contributed by atoms with Gasteiger partial charge in [0.1, 0.15) is 6.04 Å². The molecule has 0 aromatic carbocycles. The molecule has 0 radical (unpaired) electrons. The highest BCUT2D eigenvalue weighted by atomic mass is 32.2. The van der Waals surface area contributed by atoms with E-state index in [1.807, 2.05) is 6.26 Å². The summed E-state index contributed by atoms with van der Waals surface area (Å²) in [5, 5.41) is 11.2. The second-order valence-electron chi connectivity index (χ2n) is 3.11. The largest absolute Gasteiger partial charge is 0.480 e. The monoisotopic (exact) mass is 235 g/mol. The summed E-state index contributed by atoms with van der Waals surface area (Å²) >= 11 is 1.52. The fraction of sp³-hybridized carbons (Fsp3) is 0.750. The van der Waals surface area contributed by atoms with Crippen LogP contribution in [0, 0.1) is 0 Å². The average molecular weight is 235 g/mol. The molecule has 0 aromatic heterocycles. The van der Waals surface area contributed by atoms with Gasteiger partial charge in [-0.25, -0.2) is 4.79 Å². The van der Waals surface area contributed by atoms with Crippen LogP contribution in [0.25, 0.3) is 0 Å². The number of rotatable bonds is 7. The quantitative estimate of drug-likeness (QED) is 0.418. The number of thioether (sulfide) groups is 1. The van der Waals surface area contributed by atoms with E-state index in [0.29, 0.717) is 12.2 Å². The van der Waals surface area contributed by atoms with Crippen LogP contribution >= 0.6 is 11.8 Å². The van der Waals surface area contributed by atoms with E-state index in [1.54, 1.807) is 0 Å². The van der Waals surface area contributed by atoms with Crippen molar-refractivity contribution >= 4 is 23.6 Å². The highest BCUT2D eigenvalue weighted by Crippen LogP contribution is 2.01. The van der Waals surface area contributed by atoms with Gasteiger partial charge in [-0.2, -0.15) is 11.8 Å². The van der Waals surface area contributed by atoms with Crippen molar-refractivity contribution in [2.45, 2.75) is 25.0 Å². The molecule has 0 spiro atoms. The fourth-order valence-electron chi connectivity index (χ4n) is 0.960. The third-order valence-electron chi connectivity index (χ3n) is 1.67. The Bertz CT molecular complexity index is 223. The zero-order chi connectivity index (χ0) is 11.8. The van der Waals surface area contributed by atoms with E-state index in [1.165, 1.54) is 11.8 Å². The summed E-state index contributed by atoms with van der Waals surface area (Å²) < 4.78 is 0. The van der Waals surface area contributed by atoms with Gasteiger partial charge < -0.3 is 21.9 Å². The molecule has 6 N–H and O–H groups in total. The fourth-order valence-corrected chi connectivity index (χ4v) is 1.43. The number of amides is 1. The van der Waals surface area contributed by atoms with Gasteiger partial charge >= 0.3 is 5.97 Å². The van der Waals surface area contributed by atoms with E-state index >= 15 is 0 Å². The molecule has 0 aliphatic rings. The zero-order valence-corrected chi connectivity index (χ0v) is 9.42. The molecule has 1 atom stereocenters. The lowest BCUT2D eigenvalue weighted by Crippen LogP contribution is -2.44. The highest BCUT2D eigenvalue weighted by Gasteiger charge is 2.19. The maximum atomic E-state index is 11.2. The molecule has 1 amide bonds. The predicted molar refractivity (Wildman–Crippen MR) is 59.3 cm³/mol. The number of carboxylic acid groups (broad SMARTS) is 1. The van der Waals surface area contributed by atoms with Crippen molar-refractivity contribution in [1.29, 1.82) is 0 Å². The summed E-state index contributed by atoms with van der Waals surface area (Å²) in [7, 11) is 0. The summed E-state index contributed by atoms with van der Waals surface area (Å²) in [4.78, 5) is 21.9. The molecular formula is C8H17N3O3S. The number of carbonyl (C=O) groups is 2. The van der Waals surface area contributed by atoms with Crippen LogP contribution in [-0.2, 0) is 9.59 Å². The molecule has 0 unspecified atom stereocenters. The average Bonchev–Trinajstić information content (AvgIpc) is 2.10. The smallest absolute Gasteiger partial charge is 0.326 e. The van der Waals surface area contributed by atoms with Gasteiger partial charge in [0.2, 0.25) is 5.91 Å². The Labute approximate surface area is 92.8 Å². The van der Waals surface area contributed by atoms with Crippen LogP contribution in [0.2, 0.25) is 0 Å². The van der Waals surface area contributed by atoms with E-state index in [2.05, 4.69) is 5.32 Å². The van der Waals surface area contributed by atoms with E-state index in [4.69, 9.17) is 16.6 Å². The van der Waals surface area contributed by atoms with Crippen LogP contribution in [0.5, 0.6) is 0 Å². The molecule has 7 heteroatoms. The number of hydrogen-bond acceptors (Lipinski definition) is 5. The molecule has 88 valence electrons. The second-order valence-corrected chi connectivity index (χ2v) is 4.09. The highest BCUT2D eigenvalue weighted by molar-refractivity contribution is 7.98. The van der Waals surface area contributed by atoms with E-state index in [9.17, 15) is 9.59 Å². The molecule has 0 saturated heterocycles. The van der Waals surface area contributed by atoms with E-state index < -0.39 is 24.1 Å². The van der Waals surface area contributed by atoms with Crippen LogP contribution in [0.15, 0.2) is 0 Å². The van der Waals surface area contributed by atoms with Crippen molar-refractivity contribution in [3.05, 3.63) is 0 Å². The van der Waals surface area contributed by atoms with Gasteiger partial charge in [0, 0.05) is 0 Å². The van der Waals surface area contributed by atoms with Gasteiger partial charge in [-0.1, -0.05) is 0 Å². The maximum absolute atomic E-state index is 11.2. The molecule has 0 aliphatic carbocycles. The van der Waals surface area contributed by atoms with E-state index in [-0.39, 0.29) is 6.42 Å². The first kappa shape index (κ1) is 14.2. The Morgan fingerprint density at radius 3 is 2.47 bits per heavy atom. The Morgan fingerprint density at radius 2 is 2.07 bits per heavy atom. The van der Waals surface area contributed by atoms with Gasteiger partial charge in [0.25, 0.3) is 0 Å². The number of nitrogens with two attached hydrogens (primary N) is 2. The van der Waals surface area contributed by atoms with Crippen LogP contribution in [-0.4, -0.2) is 41.2 Å².